The molecule has 6 heteroatoms. The molecule has 0 unspecified atom stereocenters. The van der Waals surface area contributed by atoms with Gasteiger partial charge in [-0.05, 0) is 19.4 Å². The standard InChI is InChI=1S/C12H15NO4S/c1-3-16-11(14)9-7-5-13-6-8(7)18-10(9)12(15)17-4-2/h13H,3-6H2,1-2H3. The van der Waals surface area contributed by atoms with Gasteiger partial charge in [-0.3, -0.25) is 0 Å². The lowest BCUT2D eigenvalue weighted by Gasteiger charge is -2.05. The van der Waals surface area contributed by atoms with Gasteiger partial charge in [0.05, 0.1) is 18.8 Å². The molecule has 0 fully saturated rings. The van der Waals surface area contributed by atoms with Gasteiger partial charge in [-0.1, -0.05) is 0 Å². The Morgan fingerprint density at radius 3 is 2.50 bits per heavy atom. The molecule has 0 radical (unpaired) electrons. The van der Waals surface area contributed by atoms with E-state index < -0.39 is 11.9 Å². The minimum absolute atomic E-state index is 0.291. The molecule has 0 bridgehead atoms. The first kappa shape index (κ1) is 13.0. The van der Waals surface area contributed by atoms with Gasteiger partial charge in [-0.15, -0.1) is 11.3 Å². The second-order valence-electron chi connectivity index (χ2n) is 3.75. The van der Waals surface area contributed by atoms with Crippen molar-refractivity contribution in [2.75, 3.05) is 13.2 Å². The zero-order valence-electron chi connectivity index (χ0n) is 10.4. The molecule has 1 aromatic heterocycles. The SMILES string of the molecule is CCOC(=O)c1sc2c(c1C(=O)OCC)CNC2. The van der Waals surface area contributed by atoms with Crippen LogP contribution in [-0.4, -0.2) is 25.2 Å². The Balaban J connectivity index is 2.40. The summed E-state index contributed by atoms with van der Waals surface area (Å²) in [6.07, 6.45) is 0. The number of nitrogens with one attached hydrogen (secondary N) is 1. The monoisotopic (exact) mass is 269 g/mol. The van der Waals surface area contributed by atoms with Crippen LogP contribution in [0.1, 0.15) is 44.3 Å². The van der Waals surface area contributed by atoms with Gasteiger partial charge in [0.1, 0.15) is 4.88 Å². The average Bonchev–Trinajstić information content (AvgIpc) is 2.88. The zero-order valence-corrected chi connectivity index (χ0v) is 11.2. The van der Waals surface area contributed by atoms with E-state index >= 15 is 0 Å². The van der Waals surface area contributed by atoms with E-state index in [0.717, 1.165) is 10.4 Å². The fraction of sp³-hybridized carbons (Fsp3) is 0.500. The Labute approximate surface area is 109 Å². The van der Waals surface area contributed by atoms with Crippen molar-refractivity contribution in [1.82, 2.24) is 5.32 Å². The van der Waals surface area contributed by atoms with Crippen LogP contribution in [0.5, 0.6) is 0 Å². The summed E-state index contributed by atoms with van der Waals surface area (Å²) in [7, 11) is 0. The Morgan fingerprint density at radius 2 is 1.83 bits per heavy atom. The fourth-order valence-corrected chi connectivity index (χ4v) is 3.07. The second-order valence-corrected chi connectivity index (χ2v) is 4.86. The van der Waals surface area contributed by atoms with E-state index in [1.807, 2.05) is 0 Å². The summed E-state index contributed by atoms with van der Waals surface area (Å²) in [6.45, 7) is 5.35. The maximum Gasteiger partial charge on any atom is 0.349 e. The maximum atomic E-state index is 11.9. The molecule has 18 heavy (non-hydrogen) atoms. The number of carbonyl (C=O) groups excluding carboxylic acids is 2. The van der Waals surface area contributed by atoms with Crippen LogP contribution in [0.15, 0.2) is 0 Å². The number of esters is 2. The third kappa shape index (κ3) is 2.26. The van der Waals surface area contributed by atoms with Crippen molar-refractivity contribution in [2.45, 2.75) is 26.9 Å². The third-order valence-corrected chi connectivity index (χ3v) is 3.83. The largest absolute Gasteiger partial charge is 0.462 e. The lowest BCUT2D eigenvalue weighted by molar-refractivity contribution is 0.0483. The molecule has 5 nitrogen and oxygen atoms in total. The van der Waals surface area contributed by atoms with Gasteiger partial charge in [0.25, 0.3) is 0 Å². The summed E-state index contributed by atoms with van der Waals surface area (Å²) < 4.78 is 9.99. The molecule has 1 N–H and O–H groups in total. The van der Waals surface area contributed by atoms with Crippen molar-refractivity contribution in [3.05, 3.63) is 20.9 Å². The lowest BCUT2D eigenvalue weighted by atomic mass is 10.1. The summed E-state index contributed by atoms with van der Waals surface area (Å²) in [5.41, 5.74) is 1.25. The van der Waals surface area contributed by atoms with Crippen LogP contribution in [0.3, 0.4) is 0 Å². The predicted octanol–water partition coefficient (Wildman–Crippen LogP) is 1.70. The number of hydrogen-bond donors (Lipinski definition) is 1. The Bertz CT molecular complexity index is 481. The van der Waals surface area contributed by atoms with E-state index in [2.05, 4.69) is 5.32 Å². The van der Waals surface area contributed by atoms with Gasteiger partial charge in [0.15, 0.2) is 0 Å². The minimum Gasteiger partial charge on any atom is -0.462 e. The number of rotatable bonds is 4. The van der Waals surface area contributed by atoms with Crippen molar-refractivity contribution in [3.63, 3.8) is 0 Å². The number of thiophene rings is 1. The lowest BCUT2D eigenvalue weighted by Crippen LogP contribution is -2.14. The third-order valence-electron chi connectivity index (χ3n) is 2.62. The molecule has 0 saturated carbocycles. The van der Waals surface area contributed by atoms with E-state index in [-0.39, 0.29) is 0 Å². The zero-order chi connectivity index (χ0) is 13.1. The van der Waals surface area contributed by atoms with Gasteiger partial charge >= 0.3 is 11.9 Å². The van der Waals surface area contributed by atoms with Gasteiger partial charge in [-0.25, -0.2) is 9.59 Å². The number of fused-ring (bicyclic) bond motifs is 1. The molecule has 1 aromatic rings. The van der Waals surface area contributed by atoms with E-state index in [9.17, 15) is 9.59 Å². The van der Waals surface area contributed by atoms with Crippen LogP contribution in [0.25, 0.3) is 0 Å². The maximum absolute atomic E-state index is 11.9. The van der Waals surface area contributed by atoms with E-state index in [4.69, 9.17) is 9.47 Å². The van der Waals surface area contributed by atoms with Crippen molar-refractivity contribution in [2.24, 2.45) is 0 Å². The highest BCUT2D eigenvalue weighted by Crippen LogP contribution is 2.33. The van der Waals surface area contributed by atoms with Crippen molar-refractivity contribution >= 4 is 23.3 Å². The molecule has 0 aliphatic carbocycles. The Morgan fingerprint density at radius 1 is 1.17 bits per heavy atom. The van der Waals surface area contributed by atoms with E-state index in [0.29, 0.717) is 36.7 Å². The molecule has 2 heterocycles. The number of ether oxygens (including phenoxy) is 2. The second kappa shape index (κ2) is 5.49. The van der Waals surface area contributed by atoms with E-state index in [1.54, 1.807) is 13.8 Å². The van der Waals surface area contributed by atoms with E-state index in [1.165, 1.54) is 11.3 Å². The van der Waals surface area contributed by atoms with Crippen LogP contribution >= 0.6 is 11.3 Å². The van der Waals surface area contributed by atoms with Gasteiger partial charge in [-0.2, -0.15) is 0 Å². The summed E-state index contributed by atoms with van der Waals surface area (Å²) in [5.74, 6) is -0.887. The van der Waals surface area contributed by atoms with Gasteiger partial charge in [0, 0.05) is 18.0 Å². The van der Waals surface area contributed by atoms with Crippen LogP contribution in [0.4, 0.5) is 0 Å². The fourth-order valence-electron chi connectivity index (χ4n) is 1.90. The molecule has 0 amide bonds. The summed E-state index contributed by atoms with van der Waals surface area (Å²) >= 11 is 1.31. The van der Waals surface area contributed by atoms with Crippen molar-refractivity contribution in [1.29, 1.82) is 0 Å². The molecular weight excluding hydrogens is 254 g/mol. The van der Waals surface area contributed by atoms with Crippen molar-refractivity contribution in [3.8, 4) is 0 Å². The normalized spacial score (nSPS) is 13.2. The molecular formula is C12H15NO4S. The van der Waals surface area contributed by atoms with Crippen LogP contribution in [-0.2, 0) is 22.6 Å². The topological polar surface area (TPSA) is 64.6 Å². The molecule has 1 aliphatic heterocycles. The predicted molar refractivity (Wildman–Crippen MR) is 66.8 cm³/mol. The number of carbonyl (C=O) groups is 2. The van der Waals surface area contributed by atoms with Crippen LogP contribution in [0.2, 0.25) is 0 Å². The summed E-state index contributed by atoms with van der Waals surface area (Å²) in [6, 6.07) is 0. The number of hydrogen-bond acceptors (Lipinski definition) is 6. The Hall–Kier alpha value is -1.40. The first-order chi connectivity index (χ1) is 8.69. The molecule has 0 spiro atoms. The quantitative estimate of drug-likeness (QED) is 0.843. The van der Waals surface area contributed by atoms with Crippen LogP contribution < -0.4 is 5.32 Å². The smallest absolute Gasteiger partial charge is 0.349 e. The Kier molecular flexibility index (Phi) is 3.98. The van der Waals surface area contributed by atoms with Crippen molar-refractivity contribution < 1.29 is 19.1 Å². The first-order valence-corrected chi connectivity index (χ1v) is 6.70. The highest BCUT2D eigenvalue weighted by molar-refractivity contribution is 7.14. The summed E-state index contributed by atoms with van der Waals surface area (Å²) in [5, 5.41) is 3.15. The summed E-state index contributed by atoms with van der Waals surface area (Å²) in [4.78, 5) is 25.2. The molecule has 0 atom stereocenters. The molecule has 0 saturated heterocycles. The highest BCUT2D eigenvalue weighted by atomic mass is 32.1. The minimum atomic E-state index is -0.444. The molecule has 1 aliphatic rings. The van der Waals surface area contributed by atoms with Crippen LogP contribution in [0, 0.1) is 0 Å². The van der Waals surface area contributed by atoms with Gasteiger partial charge < -0.3 is 14.8 Å². The highest BCUT2D eigenvalue weighted by Gasteiger charge is 2.30. The molecule has 0 aromatic carbocycles. The van der Waals surface area contributed by atoms with Gasteiger partial charge in [0.2, 0.25) is 0 Å². The molecule has 2 rings (SSSR count). The average molecular weight is 269 g/mol. The molecule has 98 valence electrons. The first-order valence-electron chi connectivity index (χ1n) is 5.88.